The fourth-order valence-electron chi connectivity index (χ4n) is 1.66. The number of carboxylic acids is 1. The minimum Gasteiger partial charge on any atom is -0.480 e. The Balaban J connectivity index is 2.45. The summed E-state index contributed by atoms with van der Waals surface area (Å²) in [4.78, 5) is 21.0. The van der Waals surface area contributed by atoms with Crippen LogP contribution in [0.1, 0.15) is 6.92 Å². The summed E-state index contributed by atoms with van der Waals surface area (Å²) < 4.78 is 0. The summed E-state index contributed by atoms with van der Waals surface area (Å²) in [6.07, 6.45) is 4.90. The van der Waals surface area contributed by atoms with Gasteiger partial charge in [-0.25, -0.2) is 9.78 Å². The maximum atomic E-state index is 11.2. The third-order valence-corrected chi connectivity index (χ3v) is 2.56. The quantitative estimate of drug-likeness (QED) is 0.890. The Kier molecular flexibility index (Phi) is 3.52. The first-order valence-corrected chi connectivity index (χ1v) is 5.53. The van der Waals surface area contributed by atoms with E-state index in [-0.39, 0.29) is 0 Å². The molecule has 5 heteroatoms. The first-order valence-electron chi connectivity index (χ1n) is 5.53. The maximum absolute atomic E-state index is 11.2. The lowest BCUT2D eigenvalue weighted by molar-refractivity contribution is -0.138. The summed E-state index contributed by atoms with van der Waals surface area (Å²) in [5.74, 6) is -0.329. The SMILES string of the molecule is C[C@@H](C(=O)O)N(c1cccnc1)c1ccccn1. The lowest BCUT2D eigenvalue weighted by atomic mass is 10.2. The van der Waals surface area contributed by atoms with Crippen molar-refractivity contribution in [2.24, 2.45) is 0 Å². The Labute approximate surface area is 105 Å². The molecule has 1 atom stereocenters. The Morgan fingerprint density at radius 3 is 2.67 bits per heavy atom. The highest BCUT2D eigenvalue weighted by atomic mass is 16.4. The van der Waals surface area contributed by atoms with E-state index < -0.39 is 12.0 Å². The zero-order valence-electron chi connectivity index (χ0n) is 9.89. The van der Waals surface area contributed by atoms with Crippen molar-refractivity contribution < 1.29 is 9.90 Å². The fraction of sp³-hybridized carbons (Fsp3) is 0.154. The first kappa shape index (κ1) is 12.0. The Bertz CT molecular complexity index is 477. The zero-order valence-corrected chi connectivity index (χ0v) is 9.89. The van der Waals surface area contributed by atoms with Crippen molar-refractivity contribution in [2.75, 3.05) is 4.90 Å². The number of hydrogen-bond acceptors (Lipinski definition) is 4. The summed E-state index contributed by atoms with van der Waals surface area (Å²) in [6.45, 7) is 1.62. The molecule has 0 aliphatic heterocycles. The highest BCUT2D eigenvalue weighted by molar-refractivity contribution is 5.81. The second-order valence-corrected chi connectivity index (χ2v) is 3.78. The molecule has 0 fully saturated rings. The summed E-state index contributed by atoms with van der Waals surface area (Å²) in [6, 6.07) is 8.23. The lowest BCUT2D eigenvalue weighted by Crippen LogP contribution is -2.35. The van der Waals surface area contributed by atoms with Gasteiger partial charge in [0.15, 0.2) is 0 Å². The van der Waals surface area contributed by atoms with Crippen LogP contribution >= 0.6 is 0 Å². The molecule has 0 saturated heterocycles. The minimum atomic E-state index is -0.912. The van der Waals surface area contributed by atoms with Crippen molar-refractivity contribution in [3.05, 3.63) is 48.9 Å². The van der Waals surface area contributed by atoms with Gasteiger partial charge >= 0.3 is 5.97 Å². The second-order valence-electron chi connectivity index (χ2n) is 3.78. The highest BCUT2D eigenvalue weighted by Gasteiger charge is 2.23. The molecule has 1 N–H and O–H groups in total. The van der Waals surface area contributed by atoms with Gasteiger partial charge in [0.2, 0.25) is 0 Å². The predicted octanol–water partition coefficient (Wildman–Crippen LogP) is 2.09. The van der Waals surface area contributed by atoms with Crippen LogP contribution in [-0.4, -0.2) is 27.1 Å². The maximum Gasteiger partial charge on any atom is 0.326 e. The van der Waals surface area contributed by atoms with Gasteiger partial charge in [-0.3, -0.25) is 4.98 Å². The van der Waals surface area contributed by atoms with Crippen molar-refractivity contribution >= 4 is 17.5 Å². The molecule has 2 aromatic rings. The van der Waals surface area contributed by atoms with Gasteiger partial charge in [-0.15, -0.1) is 0 Å². The fourth-order valence-corrected chi connectivity index (χ4v) is 1.66. The molecular weight excluding hydrogens is 230 g/mol. The van der Waals surface area contributed by atoms with Crippen LogP contribution in [0.15, 0.2) is 48.9 Å². The predicted molar refractivity (Wildman–Crippen MR) is 67.7 cm³/mol. The number of pyridine rings is 2. The van der Waals surface area contributed by atoms with Crippen LogP contribution in [-0.2, 0) is 4.79 Å². The van der Waals surface area contributed by atoms with Crippen LogP contribution in [0.25, 0.3) is 0 Å². The van der Waals surface area contributed by atoms with Crippen LogP contribution in [0, 0.1) is 0 Å². The Hall–Kier alpha value is -2.43. The average Bonchev–Trinajstić information content (AvgIpc) is 2.41. The molecule has 0 aliphatic rings. The van der Waals surface area contributed by atoms with E-state index in [1.807, 2.05) is 6.07 Å². The molecular formula is C13H13N3O2. The molecule has 0 radical (unpaired) electrons. The summed E-state index contributed by atoms with van der Waals surface area (Å²) in [7, 11) is 0. The third kappa shape index (κ3) is 2.45. The van der Waals surface area contributed by atoms with Gasteiger partial charge in [0.05, 0.1) is 11.9 Å². The van der Waals surface area contributed by atoms with Crippen molar-refractivity contribution in [3.63, 3.8) is 0 Å². The number of rotatable bonds is 4. The largest absolute Gasteiger partial charge is 0.480 e. The van der Waals surface area contributed by atoms with Crippen LogP contribution in [0.2, 0.25) is 0 Å². The number of carboxylic acid groups (broad SMARTS) is 1. The minimum absolute atomic E-state index is 0.584. The Morgan fingerprint density at radius 1 is 1.28 bits per heavy atom. The topological polar surface area (TPSA) is 66.3 Å². The number of hydrogen-bond donors (Lipinski definition) is 1. The summed E-state index contributed by atoms with van der Waals surface area (Å²) in [5, 5.41) is 9.19. The zero-order chi connectivity index (χ0) is 13.0. The smallest absolute Gasteiger partial charge is 0.326 e. The van der Waals surface area contributed by atoms with E-state index in [1.165, 1.54) is 0 Å². The van der Waals surface area contributed by atoms with E-state index in [1.54, 1.807) is 54.7 Å². The molecule has 0 unspecified atom stereocenters. The number of nitrogens with zero attached hydrogens (tertiary/aromatic N) is 3. The van der Waals surface area contributed by atoms with Crippen molar-refractivity contribution in [3.8, 4) is 0 Å². The van der Waals surface area contributed by atoms with Gasteiger partial charge in [0.1, 0.15) is 11.9 Å². The molecule has 0 amide bonds. The monoisotopic (exact) mass is 243 g/mol. The molecule has 92 valence electrons. The van der Waals surface area contributed by atoms with E-state index in [0.717, 1.165) is 0 Å². The van der Waals surface area contributed by atoms with E-state index >= 15 is 0 Å². The van der Waals surface area contributed by atoms with E-state index in [2.05, 4.69) is 9.97 Å². The molecule has 2 rings (SSSR count). The number of anilines is 2. The second kappa shape index (κ2) is 5.27. The van der Waals surface area contributed by atoms with Gasteiger partial charge < -0.3 is 10.0 Å². The molecule has 0 bridgehead atoms. The van der Waals surface area contributed by atoms with E-state index in [0.29, 0.717) is 11.5 Å². The molecule has 0 spiro atoms. The molecule has 0 aromatic carbocycles. The molecule has 18 heavy (non-hydrogen) atoms. The summed E-state index contributed by atoms with van der Waals surface area (Å²) >= 11 is 0. The van der Waals surface area contributed by atoms with Crippen LogP contribution in [0.3, 0.4) is 0 Å². The van der Waals surface area contributed by atoms with Crippen molar-refractivity contribution in [2.45, 2.75) is 13.0 Å². The Morgan fingerprint density at radius 2 is 2.11 bits per heavy atom. The van der Waals surface area contributed by atoms with Gasteiger partial charge in [-0.1, -0.05) is 6.07 Å². The van der Waals surface area contributed by atoms with Gasteiger partial charge in [-0.2, -0.15) is 0 Å². The average molecular weight is 243 g/mol. The molecule has 2 heterocycles. The highest BCUT2D eigenvalue weighted by Crippen LogP contribution is 2.24. The number of aromatic nitrogens is 2. The van der Waals surface area contributed by atoms with E-state index in [9.17, 15) is 9.90 Å². The standard InChI is InChI=1S/C13H13N3O2/c1-10(13(17)18)16(11-5-4-7-14-9-11)12-6-2-3-8-15-12/h2-10H,1H3,(H,17,18)/t10-/m0/s1. The molecule has 0 saturated carbocycles. The van der Waals surface area contributed by atoms with E-state index in [4.69, 9.17) is 0 Å². The van der Waals surface area contributed by atoms with Crippen molar-refractivity contribution in [1.82, 2.24) is 9.97 Å². The number of aliphatic carboxylic acids is 1. The van der Waals surface area contributed by atoms with Crippen LogP contribution in [0.4, 0.5) is 11.5 Å². The van der Waals surface area contributed by atoms with Crippen LogP contribution in [0.5, 0.6) is 0 Å². The van der Waals surface area contributed by atoms with Gasteiger partial charge in [0, 0.05) is 12.4 Å². The van der Waals surface area contributed by atoms with Gasteiger partial charge in [0.25, 0.3) is 0 Å². The van der Waals surface area contributed by atoms with Gasteiger partial charge in [-0.05, 0) is 31.2 Å². The third-order valence-electron chi connectivity index (χ3n) is 2.56. The molecule has 0 aliphatic carbocycles. The molecule has 2 aromatic heterocycles. The van der Waals surface area contributed by atoms with Crippen molar-refractivity contribution in [1.29, 1.82) is 0 Å². The van der Waals surface area contributed by atoms with Crippen LogP contribution < -0.4 is 4.90 Å². The molecule has 5 nitrogen and oxygen atoms in total. The normalized spacial score (nSPS) is 11.8. The lowest BCUT2D eigenvalue weighted by Gasteiger charge is -2.27. The number of carbonyl (C=O) groups is 1. The summed E-state index contributed by atoms with van der Waals surface area (Å²) in [5.41, 5.74) is 0.700. The first-order chi connectivity index (χ1) is 8.70.